The van der Waals surface area contributed by atoms with Gasteiger partial charge in [-0.1, -0.05) is 18.2 Å². The van der Waals surface area contributed by atoms with Crippen molar-refractivity contribution in [3.8, 4) is 0 Å². The highest BCUT2D eigenvalue weighted by molar-refractivity contribution is 5.85. The van der Waals surface area contributed by atoms with E-state index in [0.29, 0.717) is 13.1 Å². The van der Waals surface area contributed by atoms with Crippen molar-refractivity contribution in [1.82, 2.24) is 4.90 Å². The van der Waals surface area contributed by atoms with Crippen LogP contribution in [0.25, 0.3) is 0 Å². The summed E-state index contributed by atoms with van der Waals surface area (Å²) in [5.41, 5.74) is 2.17. The zero-order valence-corrected chi connectivity index (χ0v) is 16.3. The van der Waals surface area contributed by atoms with Gasteiger partial charge < -0.3 is 28.7 Å². The maximum atomic E-state index is 13.4. The fraction of sp³-hybridized carbons (Fsp3) is 0.667. The van der Waals surface area contributed by atoms with Gasteiger partial charge >= 0.3 is 0 Å². The number of anilines is 1. The van der Waals surface area contributed by atoms with Gasteiger partial charge in [-0.25, -0.2) is 0 Å². The summed E-state index contributed by atoms with van der Waals surface area (Å²) < 4.78 is 21.7. The number of epoxide rings is 4. The highest BCUT2D eigenvalue weighted by Gasteiger charge is 2.36. The largest absolute Gasteiger partial charge is 0.371 e. The molecule has 4 heterocycles. The van der Waals surface area contributed by atoms with Crippen molar-refractivity contribution in [3.05, 3.63) is 29.8 Å². The molecular weight excluding hydrogens is 360 g/mol. The third-order valence-electron chi connectivity index (χ3n) is 5.73. The Hall–Kier alpha value is -1.67. The molecule has 5 rings (SSSR count). The lowest BCUT2D eigenvalue weighted by atomic mass is 9.96. The second-order valence-corrected chi connectivity index (χ2v) is 8.25. The molecular formula is C21H28N2O5. The number of amides is 1. The lowest BCUT2D eigenvalue weighted by Crippen LogP contribution is -2.40. The molecule has 0 aromatic heterocycles. The fourth-order valence-corrected chi connectivity index (χ4v) is 3.75. The van der Waals surface area contributed by atoms with Gasteiger partial charge in [0.1, 0.15) is 0 Å². The number of nitrogens with zero attached hydrogens (tertiary/aromatic N) is 2. The maximum absolute atomic E-state index is 13.4. The standard InChI is InChI=1S/C21H28N2O5/c1-14(21(24)23(8-17-12-27-17)9-18-13-28-18)19-4-2-3-5-20(19)22(6-15-10-25-15)7-16-11-26-16/h2-5,14-18H,6-13H2,1H3. The lowest BCUT2D eigenvalue weighted by Gasteiger charge is -2.30. The summed E-state index contributed by atoms with van der Waals surface area (Å²) >= 11 is 0. The minimum absolute atomic E-state index is 0.142. The Balaban J connectivity index is 1.35. The van der Waals surface area contributed by atoms with Crippen LogP contribution in [0.1, 0.15) is 18.4 Å². The van der Waals surface area contributed by atoms with Crippen LogP contribution in [0.4, 0.5) is 5.69 Å². The molecule has 1 aromatic carbocycles. The summed E-state index contributed by atoms with van der Waals surface area (Å²) in [4.78, 5) is 17.6. The highest BCUT2D eigenvalue weighted by Crippen LogP contribution is 2.32. The molecule has 0 radical (unpaired) electrons. The van der Waals surface area contributed by atoms with Crippen LogP contribution in [0.3, 0.4) is 0 Å². The van der Waals surface area contributed by atoms with Crippen LogP contribution < -0.4 is 4.90 Å². The van der Waals surface area contributed by atoms with E-state index in [2.05, 4.69) is 17.0 Å². The van der Waals surface area contributed by atoms with Gasteiger partial charge in [-0.3, -0.25) is 4.79 Å². The molecule has 5 unspecified atom stereocenters. The van der Waals surface area contributed by atoms with E-state index < -0.39 is 0 Å². The summed E-state index contributed by atoms with van der Waals surface area (Å²) in [5, 5.41) is 0. The number of rotatable bonds is 11. The third kappa shape index (κ3) is 4.66. The Morgan fingerprint density at radius 2 is 1.36 bits per heavy atom. The van der Waals surface area contributed by atoms with Gasteiger partial charge in [0.15, 0.2) is 0 Å². The summed E-state index contributed by atoms with van der Waals surface area (Å²) in [5.74, 6) is -0.0832. The number of carbonyl (C=O) groups is 1. The summed E-state index contributed by atoms with van der Waals surface area (Å²) in [7, 11) is 0. The van der Waals surface area contributed by atoms with Crippen molar-refractivity contribution in [3.63, 3.8) is 0 Å². The maximum Gasteiger partial charge on any atom is 0.230 e. The van der Waals surface area contributed by atoms with Crippen LogP contribution in [-0.4, -0.2) is 87.8 Å². The first-order valence-electron chi connectivity index (χ1n) is 10.3. The van der Waals surface area contributed by atoms with Crippen LogP contribution in [0, 0.1) is 0 Å². The number of ether oxygens (including phenoxy) is 4. The van der Waals surface area contributed by atoms with Crippen molar-refractivity contribution in [1.29, 1.82) is 0 Å². The average molecular weight is 388 g/mol. The smallest absolute Gasteiger partial charge is 0.230 e. The van der Waals surface area contributed by atoms with Crippen LogP contribution in [0.15, 0.2) is 24.3 Å². The first-order chi connectivity index (χ1) is 13.7. The second kappa shape index (κ2) is 7.63. The fourth-order valence-electron chi connectivity index (χ4n) is 3.75. The topological polar surface area (TPSA) is 73.7 Å². The van der Waals surface area contributed by atoms with Crippen molar-refractivity contribution in [2.24, 2.45) is 0 Å². The van der Waals surface area contributed by atoms with Crippen LogP contribution in [-0.2, 0) is 23.7 Å². The highest BCUT2D eigenvalue weighted by atomic mass is 16.6. The van der Waals surface area contributed by atoms with E-state index in [0.717, 1.165) is 50.8 Å². The normalized spacial score (nSPS) is 30.5. The van der Waals surface area contributed by atoms with E-state index in [4.69, 9.17) is 18.9 Å². The Kier molecular flexibility index (Phi) is 5.00. The predicted molar refractivity (Wildman–Crippen MR) is 103 cm³/mol. The number of hydrogen-bond acceptors (Lipinski definition) is 6. The van der Waals surface area contributed by atoms with Crippen molar-refractivity contribution in [2.45, 2.75) is 37.3 Å². The quantitative estimate of drug-likeness (QED) is 0.527. The number of benzene rings is 1. The van der Waals surface area contributed by atoms with E-state index in [1.165, 1.54) is 0 Å². The third-order valence-corrected chi connectivity index (χ3v) is 5.73. The molecule has 152 valence electrons. The van der Waals surface area contributed by atoms with Gasteiger partial charge in [0.05, 0.1) is 56.8 Å². The summed E-state index contributed by atoms with van der Waals surface area (Å²) in [6, 6.07) is 8.24. The Bertz CT molecular complexity index is 685. The van der Waals surface area contributed by atoms with E-state index in [9.17, 15) is 4.79 Å². The Morgan fingerprint density at radius 1 is 0.893 bits per heavy atom. The van der Waals surface area contributed by atoms with Crippen LogP contribution in [0.5, 0.6) is 0 Å². The zero-order valence-electron chi connectivity index (χ0n) is 16.3. The first-order valence-corrected chi connectivity index (χ1v) is 10.3. The molecule has 4 aliphatic rings. The monoisotopic (exact) mass is 388 g/mol. The SMILES string of the molecule is CC(C(=O)N(CC1CO1)CC1CO1)c1ccccc1N(CC1CO1)CC1CO1. The molecule has 4 fully saturated rings. The molecule has 28 heavy (non-hydrogen) atoms. The van der Waals surface area contributed by atoms with Crippen molar-refractivity contribution in [2.75, 3.05) is 57.5 Å². The predicted octanol–water partition coefficient (Wildman–Crippen LogP) is 1.02. The Labute approximate surface area is 165 Å². The van der Waals surface area contributed by atoms with Crippen LogP contribution in [0.2, 0.25) is 0 Å². The number of carbonyl (C=O) groups excluding carboxylic acids is 1. The van der Waals surface area contributed by atoms with E-state index >= 15 is 0 Å². The molecule has 5 atom stereocenters. The molecule has 0 bridgehead atoms. The minimum atomic E-state index is -0.226. The first kappa shape index (κ1) is 18.4. The van der Waals surface area contributed by atoms with Gasteiger partial charge in [0, 0.05) is 31.9 Å². The lowest BCUT2D eigenvalue weighted by molar-refractivity contribution is -0.133. The van der Waals surface area contributed by atoms with Gasteiger partial charge in [-0.05, 0) is 18.6 Å². The molecule has 7 heteroatoms. The van der Waals surface area contributed by atoms with Gasteiger partial charge in [-0.2, -0.15) is 0 Å². The molecule has 1 aromatic rings. The molecule has 0 aliphatic carbocycles. The molecule has 0 spiro atoms. The zero-order chi connectivity index (χ0) is 19.1. The molecule has 0 saturated carbocycles. The summed E-state index contributed by atoms with van der Waals surface area (Å²) in [6.45, 7) is 8.12. The average Bonchev–Trinajstić information content (AvgIpc) is 3.56. The van der Waals surface area contributed by atoms with E-state index in [1.54, 1.807) is 0 Å². The second-order valence-electron chi connectivity index (χ2n) is 8.25. The van der Waals surface area contributed by atoms with E-state index in [1.807, 2.05) is 24.0 Å². The van der Waals surface area contributed by atoms with Crippen molar-refractivity contribution >= 4 is 11.6 Å². The summed E-state index contributed by atoms with van der Waals surface area (Å²) in [6.07, 6.45) is 0.933. The Morgan fingerprint density at radius 3 is 1.86 bits per heavy atom. The van der Waals surface area contributed by atoms with Gasteiger partial charge in [-0.15, -0.1) is 0 Å². The number of para-hydroxylation sites is 1. The number of hydrogen-bond donors (Lipinski definition) is 0. The van der Waals surface area contributed by atoms with Crippen molar-refractivity contribution < 1.29 is 23.7 Å². The van der Waals surface area contributed by atoms with Gasteiger partial charge in [0.2, 0.25) is 5.91 Å². The molecule has 4 aliphatic heterocycles. The van der Waals surface area contributed by atoms with Gasteiger partial charge in [0.25, 0.3) is 0 Å². The minimum Gasteiger partial charge on any atom is -0.371 e. The molecule has 0 N–H and O–H groups in total. The molecule has 1 amide bonds. The van der Waals surface area contributed by atoms with Crippen LogP contribution >= 0.6 is 0 Å². The molecule has 7 nitrogen and oxygen atoms in total. The van der Waals surface area contributed by atoms with E-state index in [-0.39, 0.29) is 36.2 Å². The molecule has 4 saturated heterocycles.